The van der Waals surface area contributed by atoms with Crippen molar-refractivity contribution in [2.45, 2.75) is 6.61 Å². The Hall–Kier alpha value is -1.49. The van der Waals surface area contributed by atoms with Crippen LogP contribution in [0.1, 0.15) is 5.76 Å². The summed E-state index contributed by atoms with van der Waals surface area (Å²) in [6.45, 7) is -0.497. The van der Waals surface area contributed by atoms with Gasteiger partial charge in [0.2, 0.25) is 11.2 Å². The molecule has 5 nitrogen and oxygen atoms in total. The summed E-state index contributed by atoms with van der Waals surface area (Å²) in [5.41, 5.74) is -0.780. The molecule has 1 aromatic heterocycles. The van der Waals surface area contributed by atoms with E-state index in [4.69, 9.17) is 15.3 Å². The zero-order valence-corrected chi connectivity index (χ0v) is 5.44. The summed E-state index contributed by atoms with van der Waals surface area (Å²) in [4.78, 5) is 10.6. The highest BCUT2D eigenvalue weighted by Gasteiger charge is 2.07. The number of hydrogen-bond donors (Lipinski definition) is 3. The molecule has 11 heavy (non-hydrogen) atoms. The van der Waals surface area contributed by atoms with Gasteiger partial charge in [-0.15, -0.1) is 0 Å². The zero-order valence-electron chi connectivity index (χ0n) is 5.44. The third-order valence-electron chi connectivity index (χ3n) is 1.11. The minimum absolute atomic E-state index is 0.0923. The molecular formula is C6H6O5. The molecule has 0 aliphatic rings. The van der Waals surface area contributed by atoms with E-state index in [1.54, 1.807) is 0 Å². The Morgan fingerprint density at radius 3 is 2.55 bits per heavy atom. The largest absolute Gasteiger partial charge is 0.499 e. The van der Waals surface area contributed by atoms with Crippen molar-refractivity contribution in [2.24, 2.45) is 0 Å². The molecule has 0 spiro atoms. The quantitative estimate of drug-likeness (QED) is 0.514. The van der Waals surface area contributed by atoms with Crippen molar-refractivity contribution in [3.05, 3.63) is 22.0 Å². The van der Waals surface area contributed by atoms with Gasteiger partial charge < -0.3 is 19.7 Å². The second kappa shape index (κ2) is 2.63. The molecule has 0 aliphatic carbocycles. The van der Waals surface area contributed by atoms with Gasteiger partial charge in [-0.3, -0.25) is 4.79 Å². The lowest BCUT2D eigenvalue weighted by Gasteiger charge is -1.96. The maximum absolute atomic E-state index is 10.6. The molecule has 0 bridgehead atoms. The second-order valence-electron chi connectivity index (χ2n) is 1.89. The van der Waals surface area contributed by atoms with E-state index in [0.717, 1.165) is 6.07 Å². The first kappa shape index (κ1) is 7.62. The van der Waals surface area contributed by atoms with Gasteiger partial charge >= 0.3 is 5.95 Å². The molecule has 1 rings (SSSR count). The molecule has 0 saturated carbocycles. The SMILES string of the molecule is O=c1cc(CO)oc(O)c1O. The van der Waals surface area contributed by atoms with E-state index >= 15 is 0 Å². The fourth-order valence-electron chi connectivity index (χ4n) is 0.600. The summed E-state index contributed by atoms with van der Waals surface area (Å²) >= 11 is 0. The smallest absolute Gasteiger partial charge is 0.330 e. The molecule has 0 unspecified atom stereocenters. The van der Waals surface area contributed by atoms with Crippen molar-refractivity contribution in [1.82, 2.24) is 0 Å². The predicted octanol–water partition coefficient (Wildman–Crippen LogP) is -0.457. The van der Waals surface area contributed by atoms with E-state index in [0.29, 0.717) is 0 Å². The fraction of sp³-hybridized carbons (Fsp3) is 0.167. The van der Waals surface area contributed by atoms with Crippen molar-refractivity contribution < 1.29 is 19.7 Å². The van der Waals surface area contributed by atoms with Crippen LogP contribution >= 0.6 is 0 Å². The molecule has 0 fully saturated rings. The van der Waals surface area contributed by atoms with E-state index < -0.39 is 23.7 Å². The molecule has 0 atom stereocenters. The highest BCUT2D eigenvalue weighted by molar-refractivity contribution is 5.28. The van der Waals surface area contributed by atoms with Crippen LogP contribution in [-0.4, -0.2) is 15.3 Å². The van der Waals surface area contributed by atoms with E-state index in [2.05, 4.69) is 4.42 Å². The summed E-state index contributed by atoms with van der Waals surface area (Å²) in [5, 5.41) is 25.8. The predicted molar refractivity (Wildman–Crippen MR) is 34.2 cm³/mol. The van der Waals surface area contributed by atoms with Crippen LogP contribution < -0.4 is 5.43 Å². The van der Waals surface area contributed by atoms with E-state index in [1.807, 2.05) is 0 Å². The lowest BCUT2D eigenvalue weighted by Crippen LogP contribution is -2.00. The van der Waals surface area contributed by atoms with Gasteiger partial charge in [0, 0.05) is 6.07 Å². The average Bonchev–Trinajstić information content (AvgIpc) is 1.99. The summed E-state index contributed by atoms with van der Waals surface area (Å²) < 4.78 is 4.39. The van der Waals surface area contributed by atoms with Crippen molar-refractivity contribution in [3.8, 4) is 11.7 Å². The number of hydrogen-bond acceptors (Lipinski definition) is 5. The van der Waals surface area contributed by atoms with Gasteiger partial charge in [0.05, 0.1) is 0 Å². The van der Waals surface area contributed by atoms with Crippen LogP contribution in [0.2, 0.25) is 0 Å². The molecule has 1 heterocycles. The maximum atomic E-state index is 10.6. The van der Waals surface area contributed by atoms with Gasteiger partial charge in [-0.1, -0.05) is 0 Å². The molecule has 0 saturated heterocycles. The van der Waals surface area contributed by atoms with E-state index in [-0.39, 0.29) is 5.76 Å². The molecule has 0 aromatic carbocycles. The van der Waals surface area contributed by atoms with E-state index in [9.17, 15) is 4.79 Å². The molecule has 3 N–H and O–H groups in total. The van der Waals surface area contributed by atoms with Crippen LogP contribution in [0.5, 0.6) is 11.7 Å². The Morgan fingerprint density at radius 2 is 2.09 bits per heavy atom. The lowest BCUT2D eigenvalue weighted by atomic mass is 10.4. The molecule has 0 radical (unpaired) electrons. The standard InChI is InChI=1S/C6H6O5/c7-2-3-1-4(8)5(9)6(10)11-3/h1,7,9-10H,2H2. The van der Waals surface area contributed by atoms with Gasteiger partial charge in [0.15, 0.2) is 0 Å². The number of rotatable bonds is 1. The van der Waals surface area contributed by atoms with Crippen LogP contribution in [0.4, 0.5) is 0 Å². The first-order chi connectivity index (χ1) is 5.15. The van der Waals surface area contributed by atoms with Crippen molar-refractivity contribution in [2.75, 3.05) is 0 Å². The van der Waals surface area contributed by atoms with Gasteiger partial charge in [0.25, 0.3) is 0 Å². The highest BCUT2D eigenvalue weighted by atomic mass is 16.5. The minimum Gasteiger partial charge on any atom is -0.499 e. The van der Waals surface area contributed by atoms with Crippen LogP contribution in [0.15, 0.2) is 15.3 Å². The van der Waals surface area contributed by atoms with Gasteiger partial charge in [-0.2, -0.15) is 0 Å². The van der Waals surface area contributed by atoms with Crippen molar-refractivity contribution in [1.29, 1.82) is 0 Å². The average molecular weight is 158 g/mol. The summed E-state index contributed by atoms with van der Waals surface area (Å²) in [5.74, 6) is -1.81. The Labute approximate surface area is 61.1 Å². The summed E-state index contributed by atoms with van der Waals surface area (Å²) in [6, 6.07) is 0.898. The summed E-state index contributed by atoms with van der Waals surface area (Å²) in [7, 11) is 0. The normalized spacial score (nSPS) is 9.91. The fourth-order valence-corrected chi connectivity index (χ4v) is 0.600. The molecule has 5 heteroatoms. The van der Waals surface area contributed by atoms with Gasteiger partial charge in [-0.25, -0.2) is 0 Å². The Bertz CT molecular complexity index is 313. The van der Waals surface area contributed by atoms with Gasteiger partial charge in [-0.05, 0) is 0 Å². The Balaban J connectivity index is 3.32. The van der Waals surface area contributed by atoms with Crippen LogP contribution in [0, 0.1) is 0 Å². The van der Waals surface area contributed by atoms with Crippen LogP contribution in [0.3, 0.4) is 0 Å². The highest BCUT2D eigenvalue weighted by Crippen LogP contribution is 2.19. The third kappa shape index (κ3) is 1.32. The number of aliphatic hydroxyl groups is 1. The first-order valence-electron chi connectivity index (χ1n) is 2.81. The minimum atomic E-state index is -0.874. The molecule has 0 aliphatic heterocycles. The molecular weight excluding hydrogens is 152 g/mol. The first-order valence-corrected chi connectivity index (χ1v) is 2.81. The molecule has 60 valence electrons. The van der Waals surface area contributed by atoms with Crippen molar-refractivity contribution in [3.63, 3.8) is 0 Å². The Kier molecular flexibility index (Phi) is 1.82. The summed E-state index contributed by atoms with van der Waals surface area (Å²) in [6.07, 6.45) is 0. The molecule has 0 amide bonds. The molecule has 1 aromatic rings. The van der Waals surface area contributed by atoms with Crippen LogP contribution in [-0.2, 0) is 6.61 Å². The lowest BCUT2D eigenvalue weighted by molar-refractivity contribution is 0.212. The van der Waals surface area contributed by atoms with Crippen LogP contribution in [0.25, 0.3) is 0 Å². The van der Waals surface area contributed by atoms with Gasteiger partial charge in [0.1, 0.15) is 12.4 Å². The Morgan fingerprint density at radius 1 is 1.45 bits per heavy atom. The second-order valence-corrected chi connectivity index (χ2v) is 1.89. The third-order valence-corrected chi connectivity index (χ3v) is 1.11. The zero-order chi connectivity index (χ0) is 8.43. The number of aliphatic hydroxyl groups excluding tert-OH is 1. The maximum Gasteiger partial charge on any atom is 0.330 e. The van der Waals surface area contributed by atoms with E-state index in [1.165, 1.54) is 0 Å². The topological polar surface area (TPSA) is 90.9 Å². The van der Waals surface area contributed by atoms with Crippen molar-refractivity contribution >= 4 is 0 Å². The number of aromatic hydroxyl groups is 2. The monoisotopic (exact) mass is 158 g/mol.